The van der Waals surface area contributed by atoms with Gasteiger partial charge in [0.2, 0.25) is 0 Å². The molecule has 0 radical (unpaired) electrons. The molecule has 0 bridgehead atoms. The topological polar surface area (TPSA) is 129 Å². The fraction of sp³-hybridized carbons (Fsp3) is 0.636. The number of ether oxygens (including phenoxy) is 1. The zero-order valence-corrected chi connectivity index (χ0v) is 11.6. The van der Waals surface area contributed by atoms with E-state index in [-0.39, 0.29) is 5.02 Å². The number of aromatic nitrogens is 2. The Morgan fingerprint density at radius 2 is 2.05 bits per heavy atom. The van der Waals surface area contributed by atoms with Crippen LogP contribution in [0.2, 0.25) is 5.02 Å². The van der Waals surface area contributed by atoms with Crippen LogP contribution < -0.4 is 16.2 Å². The smallest absolute Gasteiger partial charge is 0.290 e. The minimum absolute atomic E-state index is 0.0788. The lowest BCUT2D eigenvalue weighted by Gasteiger charge is -2.23. The van der Waals surface area contributed by atoms with Crippen LogP contribution in [0.25, 0.3) is 0 Å². The van der Waals surface area contributed by atoms with Gasteiger partial charge in [0.05, 0.1) is 6.61 Å². The van der Waals surface area contributed by atoms with Crippen molar-refractivity contribution in [3.8, 4) is 0 Å². The molecule has 116 valence electrons. The van der Waals surface area contributed by atoms with E-state index < -0.39 is 36.7 Å². The van der Waals surface area contributed by atoms with Gasteiger partial charge in [-0.3, -0.25) is 4.79 Å². The highest BCUT2D eigenvalue weighted by atomic mass is 35.5. The fourth-order valence-electron chi connectivity index (χ4n) is 2.42. The molecule has 21 heavy (non-hydrogen) atoms. The Morgan fingerprint density at radius 3 is 2.71 bits per heavy atom. The Hall–Kier alpha value is -1.39. The van der Waals surface area contributed by atoms with Crippen molar-refractivity contribution in [3.05, 3.63) is 15.4 Å². The summed E-state index contributed by atoms with van der Waals surface area (Å²) in [5.41, 5.74) is -0.252. The molecule has 0 aromatic carbocycles. The Bertz CT molecular complexity index is 609. The van der Waals surface area contributed by atoms with Crippen molar-refractivity contribution in [3.63, 3.8) is 0 Å². The molecule has 1 aromatic rings. The predicted molar refractivity (Wildman–Crippen MR) is 73.5 cm³/mol. The third kappa shape index (κ3) is 2.27. The molecule has 3 heterocycles. The van der Waals surface area contributed by atoms with E-state index in [2.05, 4.69) is 15.7 Å². The van der Waals surface area contributed by atoms with Gasteiger partial charge in [-0.2, -0.15) is 4.68 Å². The summed E-state index contributed by atoms with van der Waals surface area (Å²) in [5, 5.41) is 38.7. The summed E-state index contributed by atoms with van der Waals surface area (Å²) in [6, 6.07) is 0. The second-order valence-electron chi connectivity index (χ2n) is 4.87. The molecule has 0 aliphatic carbocycles. The Labute approximate surface area is 124 Å². The molecule has 1 saturated heterocycles. The first-order valence-corrected chi connectivity index (χ1v) is 6.85. The zero-order valence-electron chi connectivity index (χ0n) is 10.9. The summed E-state index contributed by atoms with van der Waals surface area (Å²) in [6.45, 7) is 0.720. The van der Waals surface area contributed by atoms with Crippen LogP contribution in [-0.4, -0.2) is 63.1 Å². The molecule has 0 spiro atoms. The van der Waals surface area contributed by atoms with E-state index in [9.17, 15) is 15.0 Å². The van der Waals surface area contributed by atoms with E-state index in [4.69, 9.17) is 21.4 Å². The van der Waals surface area contributed by atoms with Crippen LogP contribution in [0.3, 0.4) is 0 Å². The maximum absolute atomic E-state index is 12.2. The second kappa shape index (κ2) is 5.43. The molecule has 0 amide bonds. The minimum atomic E-state index is -1.39. The van der Waals surface area contributed by atoms with Crippen molar-refractivity contribution in [2.75, 3.05) is 30.3 Å². The molecule has 3 rings (SSSR count). The predicted octanol–water partition coefficient (Wildman–Crippen LogP) is -1.65. The SMILES string of the molecule is O=c1c(Cl)c2c(nn1[C@@H]1O[C@H](CO)[C@@H](O)[C@H]1O)NCCN2. The summed E-state index contributed by atoms with van der Waals surface area (Å²) in [7, 11) is 0. The average Bonchev–Trinajstić information content (AvgIpc) is 2.79. The van der Waals surface area contributed by atoms with Crippen molar-refractivity contribution in [2.24, 2.45) is 0 Å². The van der Waals surface area contributed by atoms with Gasteiger partial charge in [0, 0.05) is 13.1 Å². The fourth-order valence-corrected chi connectivity index (χ4v) is 2.67. The number of fused-ring (bicyclic) bond motifs is 1. The van der Waals surface area contributed by atoms with Crippen LogP contribution in [0.15, 0.2) is 4.79 Å². The van der Waals surface area contributed by atoms with Crippen LogP contribution in [0.5, 0.6) is 0 Å². The lowest BCUT2D eigenvalue weighted by Crippen LogP contribution is -2.38. The van der Waals surface area contributed by atoms with Gasteiger partial charge in [-0.1, -0.05) is 11.6 Å². The van der Waals surface area contributed by atoms with Crippen molar-refractivity contribution < 1.29 is 20.1 Å². The highest BCUT2D eigenvalue weighted by molar-refractivity contribution is 6.33. The monoisotopic (exact) mass is 318 g/mol. The summed E-state index contributed by atoms with van der Waals surface area (Å²) in [6.07, 6.45) is -4.90. The van der Waals surface area contributed by atoms with Crippen LogP contribution in [0.4, 0.5) is 11.5 Å². The Morgan fingerprint density at radius 1 is 1.33 bits per heavy atom. The number of nitrogens with zero attached hydrogens (tertiary/aromatic N) is 2. The van der Waals surface area contributed by atoms with E-state index >= 15 is 0 Å². The van der Waals surface area contributed by atoms with Gasteiger partial charge in [-0.25, -0.2) is 0 Å². The van der Waals surface area contributed by atoms with Gasteiger partial charge in [-0.05, 0) is 0 Å². The first-order valence-electron chi connectivity index (χ1n) is 6.47. The molecule has 1 aromatic heterocycles. The van der Waals surface area contributed by atoms with Crippen molar-refractivity contribution in [1.29, 1.82) is 0 Å². The molecule has 2 aliphatic rings. The number of nitrogens with one attached hydrogen (secondary N) is 2. The molecule has 0 unspecified atom stereocenters. The number of hydrogen-bond acceptors (Lipinski definition) is 8. The number of halogens is 1. The lowest BCUT2D eigenvalue weighted by atomic mass is 10.1. The highest BCUT2D eigenvalue weighted by Gasteiger charge is 2.44. The van der Waals surface area contributed by atoms with E-state index in [1.54, 1.807) is 0 Å². The largest absolute Gasteiger partial charge is 0.394 e. The molecule has 1 fully saturated rings. The van der Waals surface area contributed by atoms with Gasteiger partial charge in [0.25, 0.3) is 5.56 Å². The highest BCUT2D eigenvalue weighted by Crippen LogP contribution is 2.31. The van der Waals surface area contributed by atoms with Gasteiger partial charge in [0.1, 0.15) is 29.0 Å². The molecular weight excluding hydrogens is 304 g/mol. The van der Waals surface area contributed by atoms with Crippen molar-refractivity contribution in [1.82, 2.24) is 9.78 Å². The second-order valence-corrected chi connectivity index (χ2v) is 5.25. The summed E-state index contributed by atoms with van der Waals surface area (Å²) in [5.74, 6) is 0.364. The van der Waals surface area contributed by atoms with Gasteiger partial charge in [0.15, 0.2) is 12.0 Å². The molecule has 9 nitrogen and oxygen atoms in total. The Kier molecular flexibility index (Phi) is 3.76. The zero-order chi connectivity index (χ0) is 15.1. The van der Waals surface area contributed by atoms with Crippen LogP contribution in [0, 0.1) is 0 Å². The summed E-state index contributed by atoms with van der Waals surface area (Å²) >= 11 is 6.02. The average molecular weight is 319 g/mol. The maximum atomic E-state index is 12.2. The molecule has 4 atom stereocenters. The van der Waals surface area contributed by atoms with Gasteiger partial charge >= 0.3 is 0 Å². The number of hydrogen-bond donors (Lipinski definition) is 5. The molecule has 2 aliphatic heterocycles. The lowest BCUT2D eigenvalue weighted by molar-refractivity contribution is -0.0607. The first kappa shape index (κ1) is 14.5. The third-order valence-corrected chi connectivity index (χ3v) is 3.89. The normalized spacial score (nSPS) is 31.4. The van der Waals surface area contributed by atoms with E-state index in [0.29, 0.717) is 24.6 Å². The van der Waals surface area contributed by atoms with Crippen molar-refractivity contribution >= 4 is 23.1 Å². The molecule has 0 saturated carbocycles. The maximum Gasteiger partial charge on any atom is 0.290 e. The van der Waals surface area contributed by atoms with Crippen LogP contribution in [0.1, 0.15) is 6.23 Å². The number of rotatable bonds is 2. The van der Waals surface area contributed by atoms with Gasteiger partial charge < -0.3 is 30.7 Å². The van der Waals surface area contributed by atoms with Crippen LogP contribution >= 0.6 is 11.6 Å². The van der Waals surface area contributed by atoms with Crippen LogP contribution in [-0.2, 0) is 4.74 Å². The standard InChI is InChI=1S/C11H15ClN4O5/c12-5-6-9(14-2-1-13-6)15-16(10(5)20)11-8(19)7(18)4(3-17)21-11/h4,7-8,11,13,17-19H,1-3H2,(H,14,15)/t4-,7-,8-,11-/m1/s1. The molecular formula is C11H15ClN4O5. The summed E-state index contributed by atoms with van der Waals surface area (Å²) in [4.78, 5) is 12.2. The first-order chi connectivity index (χ1) is 10.0. The quantitative estimate of drug-likeness (QED) is 0.438. The van der Waals surface area contributed by atoms with E-state index in [0.717, 1.165) is 4.68 Å². The minimum Gasteiger partial charge on any atom is -0.394 e. The number of anilines is 2. The number of aliphatic hydroxyl groups excluding tert-OH is 3. The molecule has 10 heteroatoms. The Balaban J connectivity index is 2.03. The van der Waals surface area contributed by atoms with Crippen molar-refractivity contribution in [2.45, 2.75) is 24.5 Å². The third-order valence-electron chi connectivity index (χ3n) is 3.54. The summed E-state index contributed by atoms with van der Waals surface area (Å²) < 4.78 is 6.17. The van der Waals surface area contributed by atoms with E-state index in [1.165, 1.54) is 0 Å². The van der Waals surface area contributed by atoms with Gasteiger partial charge in [-0.15, -0.1) is 5.10 Å². The van der Waals surface area contributed by atoms with E-state index in [1.807, 2.05) is 0 Å². The molecule has 5 N–H and O–H groups in total. The number of aliphatic hydroxyl groups is 3.